The Morgan fingerprint density at radius 2 is 1.77 bits per heavy atom. The predicted molar refractivity (Wildman–Crippen MR) is 74.3 cm³/mol. The quantitative estimate of drug-likeness (QED) is 0.612. The number of amides is 1. The highest BCUT2D eigenvalue weighted by Gasteiger charge is 2.30. The molecule has 0 aliphatic rings. The Hall–Kier alpha value is -2.31. The summed E-state index contributed by atoms with van der Waals surface area (Å²) in [4.78, 5) is 24.5. The van der Waals surface area contributed by atoms with Crippen molar-refractivity contribution in [3.63, 3.8) is 0 Å². The number of halogens is 3. The van der Waals surface area contributed by atoms with E-state index in [2.05, 4.69) is 0 Å². The van der Waals surface area contributed by atoms with Gasteiger partial charge in [0.2, 0.25) is 0 Å². The van der Waals surface area contributed by atoms with E-state index in [4.69, 9.17) is 4.74 Å². The molecule has 0 fully saturated rings. The van der Waals surface area contributed by atoms with Crippen LogP contribution in [0.4, 0.5) is 18.0 Å². The zero-order chi connectivity index (χ0) is 16.8. The number of carbonyl (C=O) groups excluding carboxylic acids is 2. The second-order valence-corrected chi connectivity index (χ2v) is 4.24. The molecule has 0 heterocycles. The fourth-order valence-corrected chi connectivity index (χ4v) is 1.58. The highest BCUT2D eigenvalue weighted by Crippen LogP contribution is 2.29. The molecule has 1 rings (SSSR count). The maximum atomic E-state index is 12.4. The molecule has 1 amide bonds. The first-order valence-electron chi connectivity index (χ1n) is 6.62. The topological polar surface area (TPSA) is 46.6 Å². The van der Waals surface area contributed by atoms with Crippen molar-refractivity contribution < 1.29 is 27.5 Å². The minimum atomic E-state index is -4.44. The Balaban J connectivity index is 2.79. The summed E-state index contributed by atoms with van der Waals surface area (Å²) in [6, 6.07) is 3.86. The van der Waals surface area contributed by atoms with Gasteiger partial charge in [0, 0.05) is 24.4 Å². The standard InChI is InChI=1S/C15H16F3NO3/c1-3-19(14(21)22-4-2)10-9-13(20)11-5-7-12(8-6-11)15(16,17)18/h5-10H,3-4H2,1-2H3. The van der Waals surface area contributed by atoms with E-state index in [1.54, 1.807) is 13.8 Å². The van der Waals surface area contributed by atoms with Crippen LogP contribution in [0.1, 0.15) is 29.8 Å². The van der Waals surface area contributed by atoms with Crippen molar-refractivity contribution in [1.82, 2.24) is 4.90 Å². The van der Waals surface area contributed by atoms with Crippen LogP contribution in [0, 0.1) is 0 Å². The highest BCUT2D eigenvalue weighted by molar-refractivity contribution is 6.04. The van der Waals surface area contributed by atoms with Gasteiger partial charge in [-0.2, -0.15) is 13.2 Å². The van der Waals surface area contributed by atoms with Gasteiger partial charge in [-0.25, -0.2) is 4.79 Å². The normalized spacial score (nSPS) is 11.5. The summed E-state index contributed by atoms with van der Waals surface area (Å²) in [5.41, 5.74) is -0.723. The molecule has 0 spiro atoms. The average Bonchev–Trinajstić information content (AvgIpc) is 2.47. The summed E-state index contributed by atoms with van der Waals surface area (Å²) in [6.07, 6.45) is -2.68. The lowest BCUT2D eigenvalue weighted by Crippen LogP contribution is -2.26. The first-order valence-corrected chi connectivity index (χ1v) is 6.62. The molecule has 0 aromatic heterocycles. The predicted octanol–water partition coefficient (Wildman–Crippen LogP) is 3.88. The van der Waals surface area contributed by atoms with Crippen molar-refractivity contribution >= 4 is 11.9 Å². The Labute approximate surface area is 126 Å². The van der Waals surface area contributed by atoms with Gasteiger partial charge in [-0.1, -0.05) is 12.1 Å². The number of alkyl halides is 3. The maximum absolute atomic E-state index is 12.4. The summed E-state index contributed by atoms with van der Waals surface area (Å²) in [5.74, 6) is -0.503. The van der Waals surface area contributed by atoms with Crippen molar-refractivity contribution in [3.05, 3.63) is 47.7 Å². The molecule has 0 saturated carbocycles. The summed E-state index contributed by atoms with van der Waals surface area (Å²) < 4.78 is 42.1. The molecule has 1 aromatic carbocycles. The summed E-state index contributed by atoms with van der Waals surface area (Å²) >= 11 is 0. The summed E-state index contributed by atoms with van der Waals surface area (Å²) in [7, 11) is 0. The van der Waals surface area contributed by atoms with Crippen molar-refractivity contribution in [2.75, 3.05) is 13.2 Å². The van der Waals surface area contributed by atoms with E-state index >= 15 is 0 Å². The molecule has 7 heteroatoms. The number of ketones is 1. The van der Waals surface area contributed by atoms with Crippen molar-refractivity contribution in [2.24, 2.45) is 0 Å². The van der Waals surface area contributed by atoms with E-state index in [-0.39, 0.29) is 12.2 Å². The molecule has 22 heavy (non-hydrogen) atoms. The van der Waals surface area contributed by atoms with Crippen LogP contribution in [0.15, 0.2) is 36.5 Å². The first-order chi connectivity index (χ1) is 10.3. The van der Waals surface area contributed by atoms with Crippen molar-refractivity contribution in [1.29, 1.82) is 0 Å². The zero-order valence-corrected chi connectivity index (χ0v) is 12.2. The van der Waals surface area contributed by atoms with Gasteiger partial charge in [0.25, 0.3) is 0 Å². The van der Waals surface area contributed by atoms with Gasteiger partial charge in [0.1, 0.15) is 0 Å². The van der Waals surface area contributed by atoms with E-state index in [0.717, 1.165) is 30.3 Å². The molecule has 0 unspecified atom stereocenters. The maximum Gasteiger partial charge on any atom is 0.416 e. The third-order valence-electron chi connectivity index (χ3n) is 2.75. The molecule has 1 aromatic rings. The number of rotatable bonds is 5. The Bertz CT molecular complexity index is 550. The Morgan fingerprint density at radius 1 is 1.18 bits per heavy atom. The van der Waals surface area contributed by atoms with E-state index in [0.29, 0.717) is 6.54 Å². The molecule has 120 valence electrons. The van der Waals surface area contributed by atoms with E-state index in [1.807, 2.05) is 0 Å². The monoisotopic (exact) mass is 315 g/mol. The summed E-state index contributed by atoms with van der Waals surface area (Å²) in [5, 5.41) is 0. The van der Waals surface area contributed by atoms with Gasteiger partial charge < -0.3 is 4.74 Å². The van der Waals surface area contributed by atoms with Crippen LogP contribution in [-0.4, -0.2) is 29.9 Å². The van der Waals surface area contributed by atoms with Gasteiger partial charge in [-0.05, 0) is 26.0 Å². The van der Waals surface area contributed by atoms with Gasteiger partial charge >= 0.3 is 12.3 Å². The van der Waals surface area contributed by atoms with Gasteiger partial charge in [-0.15, -0.1) is 0 Å². The van der Waals surface area contributed by atoms with Crippen LogP contribution in [-0.2, 0) is 10.9 Å². The molecule has 0 bridgehead atoms. The largest absolute Gasteiger partial charge is 0.449 e. The van der Waals surface area contributed by atoms with Crippen LogP contribution in [0.5, 0.6) is 0 Å². The van der Waals surface area contributed by atoms with E-state index < -0.39 is 23.6 Å². The number of ether oxygens (including phenoxy) is 1. The Kier molecular flexibility index (Phi) is 6.15. The molecular formula is C15H16F3NO3. The van der Waals surface area contributed by atoms with Crippen LogP contribution < -0.4 is 0 Å². The number of hydrogen-bond acceptors (Lipinski definition) is 3. The molecule has 0 aliphatic carbocycles. The molecule has 0 radical (unpaired) electrons. The molecule has 0 saturated heterocycles. The number of carbonyl (C=O) groups is 2. The molecule has 4 nitrogen and oxygen atoms in total. The minimum Gasteiger partial charge on any atom is -0.449 e. The Morgan fingerprint density at radius 3 is 2.23 bits per heavy atom. The number of benzene rings is 1. The highest BCUT2D eigenvalue weighted by atomic mass is 19.4. The smallest absolute Gasteiger partial charge is 0.416 e. The zero-order valence-electron chi connectivity index (χ0n) is 12.2. The summed E-state index contributed by atoms with van der Waals surface area (Å²) in [6.45, 7) is 3.86. The van der Waals surface area contributed by atoms with E-state index in [1.165, 1.54) is 11.1 Å². The van der Waals surface area contributed by atoms with Crippen LogP contribution in [0.25, 0.3) is 0 Å². The first kappa shape index (κ1) is 17.7. The fourth-order valence-electron chi connectivity index (χ4n) is 1.58. The SMILES string of the molecule is CCOC(=O)N(C=CC(=O)c1ccc(C(F)(F)F)cc1)CC. The third kappa shape index (κ3) is 4.91. The molecule has 0 N–H and O–H groups in total. The lowest BCUT2D eigenvalue weighted by molar-refractivity contribution is -0.137. The van der Waals surface area contributed by atoms with Gasteiger partial charge in [0.15, 0.2) is 5.78 Å². The number of allylic oxidation sites excluding steroid dienone is 1. The average molecular weight is 315 g/mol. The fraction of sp³-hybridized carbons (Fsp3) is 0.333. The molecular weight excluding hydrogens is 299 g/mol. The van der Waals surface area contributed by atoms with Crippen LogP contribution in [0.2, 0.25) is 0 Å². The lowest BCUT2D eigenvalue weighted by atomic mass is 10.1. The molecule has 0 atom stereocenters. The second kappa shape index (κ2) is 7.63. The van der Waals surface area contributed by atoms with Gasteiger partial charge in [-0.3, -0.25) is 9.69 Å². The van der Waals surface area contributed by atoms with E-state index in [9.17, 15) is 22.8 Å². The third-order valence-corrected chi connectivity index (χ3v) is 2.75. The number of nitrogens with zero attached hydrogens (tertiary/aromatic N) is 1. The molecule has 0 aliphatic heterocycles. The lowest BCUT2D eigenvalue weighted by Gasteiger charge is -2.14. The van der Waals surface area contributed by atoms with Crippen LogP contribution in [0.3, 0.4) is 0 Å². The van der Waals surface area contributed by atoms with Crippen LogP contribution >= 0.6 is 0 Å². The second-order valence-electron chi connectivity index (χ2n) is 4.24. The minimum absolute atomic E-state index is 0.101. The van der Waals surface area contributed by atoms with Gasteiger partial charge in [0.05, 0.1) is 12.2 Å². The van der Waals surface area contributed by atoms with Crippen molar-refractivity contribution in [3.8, 4) is 0 Å². The van der Waals surface area contributed by atoms with Crippen molar-refractivity contribution in [2.45, 2.75) is 20.0 Å². The number of hydrogen-bond donors (Lipinski definition) is 0.